The van der Waals surface area contributed by atoms with Gasteiger partial charge >= 0.3 is 0 Å². The normalized spacial score (nSPS) is 14.8. The Morgan fingerprint density at radius 3 is 2.97 bits per heavy atom. The second-order valence-corrected chi connectivity index (χ2v) is 7.85. The van der Waals surface area contributed by atoms with E-state index in [1.807, 2.05) is 24.3 Å². The quantitative estimate of drug-likeness (QED) is 0.602. The summed E-state index contributed by atoms with van der Waals surface area (Å²) in [6.07, 6.45) is 9.25. The highest BCUT2D eigenvalue weighted by Crippen LogP contribution is 2.13. The fourth-order valence-electron chi connectivity index (χ4n) is 3.80. The molecule has 4 rings (SSSR count). The van der Waals surface area contributed by atoms with Gasteiger partial charge in [-0.1, -0.05) is 11.6 Å². The molecule has 4 heterocycles. The molecule has 1 amide bonds. The molecule has 0 bridgehead atoms. The number of furan rings is 1. The molecule has 3 aromatic heterocycles. The zero-order valence-electron chi connectivity index (χ0n) is 17.8. The summed E-state index contributed by atoms with van der Waals surface area (Å²) < 4.78 is 7.55. The van der Waals surface area contributed by atoms with Gasteiger partial charge < -0.3 is 14.3 Å². The highest BCUT2D eigenvalue weighted by Gasteiger charge is 2.19. The Bertz CT molecular complexity index is 1010. The van der Waals surface area contributed by atoms with Gasteiger partial charge in [0.05, 0.1) is 12.8 Å². The second-order valence-electron chi connectivity index (χ2n) is 7.85. The number of nitrogens with one attached hydrogen (secondary N) is 1. The van der Waals surface area contributed by atoms with Crippen LogP contribution in [0.25, 0.3) is 6.08 Å². The lowest BCUT2D eigenvalue weighted by Crippen LogP contribution is -2.29. The van der Waals surface area contributed by atoms with Gasteiger partial charge in [0.15, 0.2) is 5.82 Å². The average molecular weight is 421 g/mol. The van der Waals surface area contributed by atoms with Gasteiger partial charge in [0.25, 0.3) is 0 Å². The number of pyridine rings is 1. The molecule has 162 valence electrons. The van der Waals surface area contributed by atoms with Crippen LogP contribution in [-0.2, 0) is 30.7 Å². The molecule has 31 heavy (non-hydrogen) atoms. The minimum Gasteiger partial charge on any atom is -0.465 e. The number of rotatable bonds is 8. The Morgan fingerprint density at radius 1 is 1.23 bits per heavy atom. The molecule has 1 N–H and O–H groups in total. The topological polar surface area (TPSA) is 89.1 Å². The first-order valence-electron chi connectivity index (χ1n) is 10.7. The van der Waals surface area contributed by atoms with E-state index in [1.165, 1.54) is 5.57 Å². The Morgan fingerprint density at radius 2 is 2.16 bits per heavy atom. The van der Waals surface area contributed by atoms with Crippen molar-refractivity contribution in [1.82, 2.24) is 30.0 Å². The highest BCUT2D eigenvalue weighted by atomic mass is 16.3. The van der Waals surface area contributed by atoms with E-state index in [0.717, 1.165) is 55.6 Å². The molecule has 8 heteroatoms. The first-order chi connectivity index (χ1) is 15.2. The summed E-state index contributed by atoms with van der Waals surface area (Å²) in [5.41, 5.74) is 2.32. The third-order valence-corrected chi connectivity index (χ3v) is 5.41. The van der Waals surface area contributed by atoms with Crippen molar-refractivity contribution in [2.45, 2.75) is 39.3 Å². The van der Waals surface area contributed by atoms with Crippen molar-refractivity contribution in [2.24, 2.45) is 0 Å². The van der Waals surface area contributed by atoms with E-state index >= 15 is 0 Å². The van der Waals surface area contributed by atoms with Crippen LogP contribution in [0.15, 0.2) is 52.9 Å². The first kappa shape index (κ1) is 21.0. The summed E-state index contributed by atoms with van der Waals surface area (Å²) in [7, 11) is 0. The summed E-state index contributed by atoms with van der Waals surface area (Å²) in [5, 5.41) is 11.6. The van der Waals surface area contributed by atoms with E-state index in [4.69, 9.17) is 4.42 Å². The number of fused-ring (bicyclic) bond motifs is 1. The van der Waals surface area contributed by atoms with E-state index in [1.54, 1.807) is 18.7 Å². The molecular weight excluding hydrogens is 392 g/mol. The van der Waals surface area contributed by atoms with Crippen LogP contribution < -0.4 is 5.32 Å². The Labute approximate surface area is 182 Å². The van der Waals surface area contributed by atoms with Crippen molar-refractivity contribution in [3.8, 4) is 0 Å². The Hall–Kier alpha value is -3.26. The van der Waals surface area contributed by atoms with Crippen LogP contribution in [0.4, 0.5) is 0 Å². The van der Waals surface area contributed by atoms with E-state index < -0.39 is 0 Å². The number of aromatic nitrogens is 4. The molecule has 3 aromatic rings. The minimum atomic E-state index is 0.00939. The molecule has 0 saturated carbocycles. The van der Waals surface area contributed by atoms with Crippen molar-refractivity contribution < 1.29 is 9.21 Å². The smallest absolute Gasteiger partial charge is 0.220 e. The van der Waals surface area contributed by atoms with Gasteiger partial charge in [-0.15, -0.1) is 10.2 Å². The first-order valence-corrected chi connectivity index (χ1v) is 10.7. The summed E-state index contributed by atoms with van der Waals surface area (Å²) in [6, 6.07) is 7.73. The van der Waals surface area contributed by atoms with Crippen LogP contribution in [0.1, 0.15) is 36.3 Å². The second kappa shape index (κ2) is 10.2. The zero-order chi connectivity index (χ0) is 21.5. The van der Waals surface area contributed by atoms with Crippen LogP contribution in [-0.4, -0.2) is 50.2 Å². The third-order valence-electron chi connectivity index (χ3n) is 5.41. The van der Waals surface area contributed by atoms with Gasteiger partial charge in [-0.2, -0.15) is 0 Å². The lowest BCUT2D eigenvalue weighted by atomic mass is 10.1. The fourth-order valence-corrected chi connectivity index (χ4v) is 3.80. The molecule has 1 aliphatic rings. The maximum atomic E-state index is 12.2. The highest BCUT2D eigenvalue weighted by molar-refractivity contribution is 5.76. The van der Waals surface area contributed by atoms with Crippen LogP contribution in [0.3, 0.4) is 0 Å². The number of nitrogens with zero attached hydrogens (tertiary/aromatic N) is 5. The number of hydrogen-bond donors (Lipinski definition) is 1. The van der Waals surface area contributed by atoms with Crippen molar-refractivity contribution >= 4 is 12.0 Å². The summed E-state index contributed by atoms with van der Waals surface area (Å²) in [5.74, 6) is 2.69. The van der Waals surface area contributed by atoms with Gasteiger partial charge in [0.2, 0.25) is 5.91 Å². The maximum absolute atomic E-state index is 12.2. The lowest BCUT2D eigenvalue weighted by molar-refractivity contribution is -0.121. The standard InChI is InChI=1S/C23H28N6O2/c1-18(14-20-5-3-13-31-20)17-28-10-8-21-26-27-22(29(21)12-11-28)16-25-23(30)7-6-19-4-2-9-24-15-19/h2-5,9,13-15H,6-8,10-12,16-17H2,1H3,(H,25,30)/b18-14+. The van der Waals surface area contributed by atoms with E-state index in [-0.39, 0.29) is 5.91 Å². The predicted molar refractivity (Wildman–Crippen MR) is 117 cm³/mol. The molecule has 8 nitrogen and oxygen atoms in total. The predicted octanol–water partition coefficient (Wildman–Crippen LogP) is 2.48. The van der Waals surface area contributed by atoms with Crippen LogP contribution >= 0.6 is 0 Å². The summed E-state index contributed by atoms with van der Waals surface area (Å²) in [6.45, 7) is 6.07. The monoisotopic (exact) mass is 420 g/mol. The number of hydrogen-bond acceptors (Lipinski definition) is 6. The molecule has 0 fully saturated rings. The number of carbonyl (C=O) groups excluding carboxylic acids is 1. The van der Waals surface area contributed by atoms with Crippen LogP contribution in [0.2, 0.25) is 0 Å². The van der Waals surface area contributed by atoms with Gasteiger partial charge in [-0.25, -0.2) is 0 Å². The van der Waals surface area contributed by atoms with Crippen LogP contribution in [0.5, 0.6) is 0 Å². The van der Waals surface area contributed by atoms with E-state index in [9.17, 15) is 4.79 Å². The lowest BCUT2D eigenvalue weighted by Gasteiger charge is -2.19. The molecule has 0 aromatic carbocycles. The van der Waals surface area contributed by atoms with Crippen molar-refractivity contribution in [3.63, 3.8) is 0 Å². The van der Waals surface area contributed by atoms with Gasteiger partial charge in [-0.05, 0) is 43.2 Å². The Balaban J connectivity index is 1.27. The van der Waals surface area contributed by atoms with Gasteiger partial charge in [0.1, 0.15) is 11.6 Å². The molecule has 0 spiro atoms. The molecule has 0 atom stereocenters. The molecule has 0 aliphatic carbocycles. The summed E-state index contributed by atoms with van der Waals surface area (Å²) in [4.78, 5) is 18.7. The molecular formula is C23H28N6O2. The average Bonchev–Trinajstić information content (AvgIpc) is 3.38. The zero-order valence-corrected chi connectivity index (χ0v) is 17.8. The molecule has 0 radical (unpaired) electrons. The van der Waals surface area contributed by atoms with Gasteiger partial charge in [0, 0.05) is 51.4 Å². The van der Waals surface area contributed by atoms with Crippen molar-refractivity contribution in [2.75, 3.05) is 19.6 Å². The van der Waals surface area contributed by atoms with Gasteiger partial charge in [-0.3, -0.25) is 14.7 Å². The maximum Gasteiger partial charge on any atom is 0.220 e. The number of carbonyl (C=O) groups is 1. The minimum absolute atomic E-state index is 0.00939. The summed E-state index contributed by atoms with van der Waals surface area (Å²) >= 11 is 0. The van der Waals surface area contributed by atoms with Crippen molar-refractivity contribution in [3.05, 3.63) is 71.5 Å². The van der Waals surface area contributed by atoms with Crippen LogP contribution in [0, 0.1) is 0 Å². The van der Waals surface area contributed by atoms with Crippen molar-refractivity contribution in [1.29, 1.82) is 0 Å². The third kappa shape index (κ3) is 5.88. The Kier molecular flexibility index (Phi) is 6.89. The molecule has 1 aliphatic heterocycles. The molecule has 0 unspecified atom stereocenters. The number of aryl methyl sites for hydroxylation is 1. The van der Waals surface area contributed by atoms with E-state index in [0.29, 0.717) is 19.4 Å². The number of amides is 1. The largest absolute Gasteiger partial charge is 0.465 e. The molecule has 0 saturated heterocycles. The SMILES string of the molecule is C/C(=C\c1ccco1)CN1CCc2nnc(CNC(=O)CCc3cccnc3)n2CC1. The fraction of sp³-hybridized carbons (Fsp3) is 0.391. The van der Waals surface area contributed by atoms with E-state index in [2.05, 4.69) is 43.0 Å².